The highest BCUT2D eigenvalue weighted by Crippen LogP contribution is 2.32. The number of rotatable bonds is 3. The molecular formula is C18H15F3N2O. The number of nitrogens with zero attached hydrogens (tertiary/aromatic N) is 1. The molecule has 3 aromatic rings. The van der Waals surface area contributed by atoms with Gasteiger partial charge in [-0.05, 0) is 30.7 Å². The first-order valence-electron chi connectivity index (χ1n) is 7.39. The average molecular weight is 332 g/mol. The van der Waals surface area contributed by atoms with Crippen molar-refractivity contribution in [1.29, 1.82) is 0 Å². The molecule has 6 heteroatoms. The summed E-state index contributed by atoms with van der Waals surface area (Å²) >= 11 is 0. The molecule has 0 saturated heterocycles. The van der Waals surface area contributed by atoms with Crippen LogP contribution in [0.5, 0.6) is 0 Å². The van der Waals surface area contributed by atoms with Crippen molar-refractivity contribution in [2.75, 3.05) is 0 Å². The van der Waals surface area contributed by atoms with Gasteiger partial charge in [-0.25, -0.2) is 4.68 Å². The van der Waals surface area contributed by atoms with Crippen LogP contribution in [0.15, 0.2) is 59.4 Å². The van der Waals surface area contributed by atoms with Crippen molar-refractivity contribution in [3.8, 4) is 5.69 Å². The summed E-state index contributed by atoms with van der Waals surface area (Å²) < 4.78 is 40.7. The maximum Gasteiger partial charge on any atom is 0.416 e. The zero-order chi connectivity index (χ0) is 17.3. The predicted molar refractivity (Wildman–Crippen MR) is 85.4 cm³/mol. The van der Waals surface area contributed by atoms with Crippen molar-refractivity contribution in [2.24, 2.45) is 0 Å². The Kier molecular flexibility index (Phi) is 4.05. The summed E-state index contributed by atoms with van der Waals surface area (Å²) in [5.41, 5.74) is 0.564. The first-order valence-corrected chi connectivity index (χ1v) is 7.39. The second-order valence-electron chi connectivity index (χ2n) is 5.52. The minimum Gasteiger partial charge on any atom is -0.295 e. The van der Waals surface area contributed by atoms with Gasteiger partial charge in [0.05, 0.1) is 11.3 Å². The van der Waals surface area contributed by atoms with E-state index in [9.17, 15) is 18.0 Å². The van der Waals surface area contributed by atoms with E-state index in [0.717, 1.165) is 6.07 Å². The highest BCUT2D eigenvalue weighted by atomic mass is 19.4. The smallest absolute Gasteiger partial charge is 0.295 e. The number of halogens is 3. The number of aromatic nitrogens is 2. The Morgan fingerprint density at radius 2 is 1.62 bits per heavy atom. The van der Waals surface area contributed by atoms with Crippen LogP contribution in [-0.2, 0) is 12.6 Å². The first kappa shape index (κ1) is 16.1. The number of benzene rings is 2. The fourth-order valence-electron chi connectivity index (χ4n) is 2.69. The molecule has 24 heavy (non-hydrogen) atoms. The molecule has 0 fully saturated rings. The van der Waals surface area contributed by atoms with Crippen molar-refractivity contribution in [3.63, 3.8) is 0 Å². The van der Waals surface area contributed by atoms with E-state index in [1.165, 1.54) is 16.8 Å². The Bertz CT molecular complexity index is 908. The second-order valence-corrected chi connectivity index (χ2v) is 5.52. The molecule has 1 heterocycles. The van der Waals surface area contributed by atoms with Crippen molar-refractivity contribution in [3.05, 3.63) is 87.3 Å². The Morgan fingerprint density at radius 1 is 1.00 bits per heavy atom. The van der Waals surface area contributed by atoms with E-state index in [4.69, 9.17) is 0 Å². The van der Waals surface area contributed by atoms with Crippen LogP contribution in [0, 0.1) is 6.92 Å². The molecule has 0 aliphatic heterocycles. The third-order valence-corrected chi connectivity index (χ3v) is 3.90. The van der Waals surface area contributed by atoms with Gasteiger partial charge in [0.15, 0.2) is 0 Å². The minimum atomic E-state index is -4.45. The van der Waals surface area contributed by atoms with Gasteiger partial charge >= 0.3 is 6.18 Å². The van der Waals surface area contributed by atoms with Gasteiger partial charge in [-0.15, -0.1) is 0 Å². The average Bonchev–Trinajstić information content (AvgIpc) is 2.83. The van der Waals surface area contributed by atoms with E-state index in [-0.39, 0.29) is 17.5 Å². The first-order chi connectivity index (χ1) is 11.4. The zero-order valence-corrected chi connectivity index (χ0v) is 12.9. The molecular weight excluding hydrogens is 317 g/mol. The topological polar surface area (TPSA) is 37.8 Å². The predicted octanol–water partition coefficient (Wildman–Crippen LogP) is 4.08. The number of hydrogen-bond acceptors (Lipinski definition) is 1. The van der Waals surface area contributed by atoms with Crippen molar-refractivity contribution < 1.29 is 13.2 Å². The summed E-state index contributed by atoms with van der Waals surface area (Å²) in [5, 5.41) is 2.93. The van der Waals surface area contributed by atoms with Gasteiger partial charge in [0.25, 0.3) is 5.56 Å². The van der Waals surface area contributed by atoms with Gasteiger partial charge in [-0.2, -0.15) is 13.2 Å². The monoisotopic (exact) mass is 332 g/mol. The molecule has 0 spiro atoms. The van der Waals surface area contributed by atoms with Crippen LogP contribution in [0.25, 0.3) is 5.69 Å². The van der Waals surface area contributed by atoms with E-state index in [1.807, 2.05) is 6.07 Å². The van der Waals surface area contributed by atoms with Gasteiger partial charge in [-0.3, -0.25) is 9.89 Å². The summed E-state index contributed by atoms with van der Waals surface area (Å²) in [6, 6.07) is 14.2. The lowest BCUT2D eigenvalue weighted by atomic mass is 10.00. The molecule has 0 bridgehead atoms. The van der Waals surface area contributed by atoms with E-state index in [2.05, 4.69) is 5.10 Å². The largest absolute Gasteiger partial charge is 0.416 e. The van der Waals surface area contributed by atoms with Gasteiger partial charge in [0.1, 0.15) is 0 Å². The number of aromatic amines is 1. The fraction of sp³-hybridized carbons (Fsp3) is 0.167. The quantitative estimate of drug-likeness (QED) is 0.771. The van der Waals surface area contributed by atoms with E-state index < -0.39 is 11.7 Å². The number of H-pyrrole nitrogens is 1. The maximum absolute atomic E-state index is 13.1. The molecule has 3 rings (SSSR count). The van der Waals surface area contributed by atoms with Crippen molar-refractivity contribution in [2.45, 2.75) is 19.5 Å². The Morgan fingerprint density at radius 3 is 2.29 bits per heavy atom. The number of aryl methyl sites for hydroxylation is 1. The minimum absolute atomic E-state index is 0.0727. The summed E-state index contributed by atoms with van der Waals surface area (Å²) in [5.74, 6) is 0. The standard InChI is InChI=1S/C18H15F3N2O/c1-12-15(11-13-7-5-6-10-16(13)18(19,20)21)17(24)23(22-12)14-8-3-2-4-9-14/h2-10,22H,11H2,1H3. The lowest BCUT2D eigenvalue weighted by molar-refractivity contribution is -0.138. The lowest BCUT2D eigenvalue weighted by Gasteiger charge is -2.11. The molecule has 0 radical (unpaired) electrons. The third-order valence-electron chi connectivity index (χ3n) is 3.90. The Hall–Kier alpha value is -2.76. The zero-order valence-electron chi connectivity index (χ0n) is 12.9. The van der Waals surface area contributed by atoms with Crippen LogP contribution in [0.2, 0.25) is 0 Å². The van der Waals surface area contributed by atoms with E-state index >= 15 is 0 Å². The molecule has 0 aliphatic rings. The molecule has 124 valence electrons. The summed E-state index contributed by atoms with van der Waals surface area (Å²) in [7, 11) is 0. The van der Waals surface area contributed by atoms with Gasteiger partial charge in [0, 0.05) is 17.7 Å². The van der Waals surface area contributed by atoms with Crippen LogP contribution in [0.4, 0.5) is 13.2 Å². The highest BCUT2D eigenvalue weighted by Gasteiger charge is 2.33. The van der Waals surface area contributed by atoms with Crippen LogP contribution in [0.1, 0.15) is 22.4 Å². The molecule has 0 atom stereocenters. The molecule has 1 N–H and O–H groups in total. The van der Waals surface area contributed by atoms with Gasteiger partial charge in [-0.1, -0.05) is 36.4 Å². The number of para-hydroxylation sites is 1. The number of nitrogens with one attached hydrogen (secondary N) is 1. The second kappa shape index (κ2) is 6.03. The maximum atomic E-state index is 13.1. The summed E-state index contributed by atoms with van der Waals surface area (Å²) in [6.07, 6.45) is -4.52. The van der Waals surface area contributed by atoms with Gasteiger partial charge in [0.2, 0.25) is 0 Å². The van der Waals surface area contributed by atoms with Gasteiger partial charge < -0.3 is 0 Å². The fourth-order valence-corrected chi connectivity index (χ4v) is 2.69. The molecule has 0 unspecified atom stereocenters. The molecule has 0 aliphatic carbocycles. The SMILES string of the molecule is Cc1[nH]n(-c2ccccc2)c(=O)c1Cc1ccccc1C(F)(F)F. The molecule has 0 saturated carbocycles. The molecule has 0 amide bonds. The number of alkyl halides is 3. The van der Waals surface area contributed by atoms with Crippen molar-refractivity contribution >= 4 is 0 Å². The van der Waals surface area contributed by atoms with Crippen LogP contribution in [0.3, 0.4) is 0 Å². The summed E-state index contributed by atoms with van der Waals surface area (Å²) in [6.45, 7) is 1.69. The lowest BCUT2D eigenvalue weighted by Crippen LogP contribution is -2.18. The molecule has 1 aromatic heterocycles. The van der Waals surface area contributed by atoms with Crippen LogP contribution >= 0.6 is 0 Å². The van der Waals surface area contributed by atoms with Crippen LogP contribution < -0.4 is 5.56 Å². The van der Waals surface area contributed by atoms with E-state index in [0.29, 0.717) is 16.9 Å². The van der Waals surface area contributed by atoms with Crippen LogP contribution in [-0.4, -0.2) is 9.78 Å². The third kappa shape index (κ3) is 2.99. The Labute approximate surface area is 136 Å². The number of hydrogen-bond donors (Lipinski definition) is 1. The highest BCUT2D eigenvalue weighted by molar-refractivity contribution is 5.37. The molecule has 3 nitrogen and oxygen atoms in total. The molecule has 2 aromatic carbocycles. The Balaban J connectivity index is 2.05. The summed E-state index contributed by atoms with van der Waals surface area (Å²) in [4.78, 5) is 12.6. The normalized spacial score (nSPS) is 11.7. The van der Waals surface area contributed by atoms with E-state index in [1.54, 1.807) is 37.3 Å². The van der Waals surface area contributed by atoms with Crippen molar-refractivity contribution in [1.82, 2.24) is 9.78 Å².